The summed E-state index contributed by atoms with van der Waals surface area (Å²) in [5, 5.41) is 12.2. The molecule has 1 aromatic rings. The van der Waals surface area contributed by atoms with E-state index in [9.17, 15) is 9.90 Å². The van der Waals surface area contributed by atoms with Crippen LogP contribution in [-0.2, 0) is 4.79 Å². The summed E-state index contributed by atoms with van der Waals surface area (Å²) in [5.41, 5.74) is 0. The number of furan rings is 1. The topological polar surface area (TPSA) is 62.5 Å². The van der Waals surface area contributed by atoms with Gasteiger partial charge >= 0.3 is 0 Å². The van der Waals surface area contributed by atoms with Crippen molar-refractivity contribution < 1.29 is 14.3 Å². The summed E-state index contributed by atoms with van der Waals surface area (Å²) in [6, 6.07) is 3.50. The van der Waals surface area contributed by atoms with Crippen molar-refractivity contribution in [2.75, 3.05) is 5.75 Å². The first-order valence-corrected chi connectivity index (χ1v) is 6.68. The van der Waals surface area contributed by atoms with Gasteiger partial charge in [0.25, 0.3) is 0 Å². The maximum atomic E-state index is 11.6. The van der Waals surface area contributed by atoms with Crippen LogP contribution >= 0.6 is 11.8 Å². The van der Waals surface area contributed by atoms with Gasteiger partial charge in [0, 0.05) is 5.25 Å². The van der Waals surface area contributed by atoms with Crippen LogP contribution in [0.25, 0.3) is 0 Å². The molecule has 17 heavy (non-hydrogen) atoms. The van der Waals surface area contributed by atoms with Crippen LogP contribution in [0, 0.1) is 0 Å². The van der Waals surface area contributed by atoms with Crippen LogP contribution in [0.5, 0.6) is 0 Å². The number of amides is 1. The molecule has 2 N–H and O–H groups in total. The van der Waals surface area contributed by atoms with Crippen LogP contribution in [-0.4, -0.2) is 28.1 Å². The molecular formula is C12H19NO3S. The number of hydrogen-bond donors (Lipinski definition) is 2. The average molecular weight is 257 g/mol. The summed E-state index contributed by atoms with van der Waals surface area (Å²) >= 11 is 1.44. The van der Waals surface area contributed by atoms with Gasteiger partial charge in [0.1, 0.15) is 5.76 Å². The van der Waals surface area contributed by atoms with Gasteiger partial charge < -0.3 is 14.8 Å². The molecule has 0 saturated heterocycles. The Morgan fingerprint density at radius 1 is 1.53 bits per heavy atom. The molecule has 0 aliphatic carbocycles. The van der Waals surface area contributed by atoms with Crippen molar-refractivity contribution in [1.82, 2.24) is 5.32 Å². The number of thioether (sulfide) groups is 1. The Kier molecular flexibility index (Phi) is 5.58. The normalized spacial score (nSPS) is 16.2. The lowest BCUT2D eigenvalue weighted by molar-refractivity contribution is -0.119. The van der Waals surface area contributed by atoms with Crippen molar-refractivity contribution in [3.8, 4) is 0 Å². The zero-order chi connectivity index (χ0) is 12.8. The molecule has 0 spiro atoms. The molecule has 0 aliphatic heterocycles. The van der Waals surface area contributed by atoms with Gasteiger partial charge in [0.15, 0.2) is 0 Å². The second-order valence-electron chi connectivity index (χ2n) is 4.06. The monoisotopic (exact) mass is 257 g/mol. The van der Waals surface area contributed by atoms with E-state index in [-0.39, 0.29) is 17.2 Å². The molecule has 3 atom stereocenters. The van der Waals surface area contributed by atoms with E-state index in [1.165, 1.54) is 11.8 Å². The molecular weight excluding hydrogens is 238 g/mol. The first-order chi connectivity index (χ1) is 8.00. The molecule has 0 aromatic carbocycles. The maximum absolute atomic E-state index is 11.6. The predicted molar refractivity (Wildman–Crippen MR) is 68.9 cm³/mol. The third-order valence-corrected chi connectivity index (χ3v) is 3.85. The fourth-order valence-corrected chi connectivity index (χ4v) is 2.01. The standard InChI is InChI=1S/C12H19NO3S/c1-8(11-5-4-6-16-11)13-12(15)7-17-10(3)9(2)14/h4-6,8-10,14H,7H2,1-3H3,(H,13,15). The summed E-state index contributed by atoms with van der Waals surface area (Å²) in [6.45, 7) is 5.50. The van der Waals surface area contributed by atoms with E-state index >= 15 is 0 Å². The van der Waals surface area contributed by atoms with Crippen molar-refractivity contribution in [3.63, 3.8) is 0 Å². The number of aliphatic hydroxyl groups is 1. The maximum Gasteiger partial charge on any atom is 0.230 e. The van der Waals surface area contributed by atoms with Crippen LogP contribution in [0.15, 0.2) is 22.8 Å². The molecule has 1 heterocycles. The minimum atomic E-state index is -0.407. The molecule has 96 valence electrons. The van der Waals surface area contributed by atoms with Crippen molar-refractivity contribution in [1.29, 1.82) is 0 Å². The number of rotatable bonds is 6. The Hall–Kier alpha value is -0.940. The van der Waals surface area contributed by atoms with E-state index in [1.807, 2.05) is 19.9 Å². The second kappa shape index (κ2) is 6.71. The number of nitrogens with one attached hydrogen (secondary N) is 1. The van der Waals surface area contributed by atoms with Crippen molar-refractivity contribution in [2.24, 2.45) is 0 Å². The number of hydrogen-bond acceptors (Lipinski definition) is 4. The van der Waals surface area contributed by atoms with Gasteiger partial charge in [-0.3, -0.25) is 4.79 Å². The van der Waals surface area contributed by atoms with Crippen molar-refractivity contribution >= 4 is 17.7 Å². The molecule has 0 fully saturated rings. The molecule has 5 heteroatoms. The molecule has 0 bridgehead atoms. The highest BCUT2D eigenvalue weighted by atomic mass is 32.2. The fourth-order valence-electron chi connectivity index (χ4n) is 1.24. The van der Waals surface area contributed by atoms with E-state index in [0.29, 0.717) is 5.75 Å². The van der Waals surface area contributed by atoms with E-state index in [1.54, 1.807) is 19.3 Å². The van der Waals surface area contributed by atoms with Crippen molar-refractivity contribution in [3.05, 3.63) is 24.2 Å². The predicted octanol–water partition coefficient (Wildman–Crippen LogP) is 1.96. The van der Waals surface area contributed by atoms with Crippen LogP contribution < -0.4 is 5.32 Å². The van der Waals surface area contributed by atoms with Gasteiger partial charge in [-0.25, -0.2) is 0 Å². The Labute approximate surface area is 106 Å². The molecule has 4 nitrogen and oxygen atoms in total. The van der Waals surface area contributed by atoms with Gasteiger partial charge in [-0.15, -0.1) is 11.8 Å². The highest BCUT2D eigenvalue weighted by molar-refractivity contribution is 8.00. The molecule has 0 aliphatic rings. The number of aliphatic hydroxyl groups excluding tert-OH is 1. The van der Waals surface area contributed by atoms with Crippen LogP contribution in [0.1, 0.15) is 32.6 Å². The van der Waals surface area contributed by atoms with E-state index in [4.69, 9.17) is 4.42 Å². The summed E-state index contributed by atoms with van der Waals surface area (Å²) < 4.78 is 5.20. The summed E-state index contributed by atoms with van der Waals surface area (Å²) in [6.07, 6.45) is 1.18. The first kappa shape index (κ1) is 14.1. The third kappa shape index (κ3) is 4.83. The summed E-state index contributed by atoms with van der Waals surface area (Å²) in [4.78, 5) is 11.6. The van der Waals surface area contributed by atoms with Crippen LogP contribution in [0.3, 0.4) is 0 Å². The van der Waals surface area contributed by atoms with Gasteiger partial charge in [-0.2, -0.15) is 0 Å². The largest absolute Gasteiger partial charge is 0.467 e. The Morgan fingerprint density at radius 3 is 2.76 bits per heavy atom. The number of carbonyl (C=O) groups excluding carboxylic acids is 1. The fraction of sp³-hybridized carbons (Fsp3) is 0.583. The lowest BCUT2D eigenvalue weighted by Crippen LogP contribution is -2.29. The highest BCUT2D eigenvalue weighted by Gasteiger charge is 2.14. The lowest BCUT2D eigenvalue weighted by Gasteiger charge is -2.15. The summed E-state index contributed by atoms with van der Waals surface area (Å²) in [5.74, 6) is 1.04. The van der Waals surface area contributed by atoms with Gasteiger partial charge in [0.2, 0.25) is 5.91 Å². The van der Waals surface area contributed by atoms with E-state index in [0.717, 1.165) is 5.76 Å². The lowest BCUT2D eigenvalue weighted by atomic mass is 10.2. The Morgan fingerprint density at radius 2 is 2.24 bits per heavy atom. The number of carbonyl (C=O) groups is 1. The molecule has 1 amide bonds. The zero-order valence-corrected chi connectivity index (χ0v) is 11.2. The van der Waals surface area contributed by atoms with Crippen molar-refractivity contribution in [2.45, 2.75) is 38.2 Å². The Balaban J connectivity index is 2.30. The average Bonchev–Trinajstić information content (AvgIpc) is 2.78. The SMILES string of the molecule is CC(NC(=O)CSC(C)C(C)O)c1ccco1. The molecule has 0 saturated carbocycles. The van der Waals surface area contributed by atoms with Crippen LogP contribution in [0.4, 0.5) is 0 Å². The van der Waals surface area contributed by atoms with Gasteiger partial charge in [-0.1, -0.05) is 6.92 Å². The second-order valence-corrected chi connectivity index (χ2v) is 5.43. The minimum absolute atomic E-state index is 0.0496. The van der Waals surface area contributed by atoms with Gasteiger partial charge in [-0.05, 0) is 26.0 Å². The molecule has 1 rings (SSSR count). The highest BCUT2D eigenvalue weighted by Crippen LogP contribution is 2.15. The molecule has 1 aromatic heterocycles. The van der Waals surface area contributed by atoms with Gasteiger partial charge in [0.05, 0.1) is 24.2 Å². The quantitative estimate of drug-likeness (QED) is 0.817. The third-order valence-electron chi connectivity index (χ3n) is 2.50. The van der Waals surface area contributed by atoms with Crippen LogP contribution in [0.2, 0.25) is 0 Å². The molecule has 0 radical (unpaired) electrons. The van der Waals surface area contributed by atoms with E-state index in [2.05, 4.69) is 5.32 Å². The first-order valence-electron chi connectivity index (χ1n) is 5.63. The Bertz CT molecular complexity index is 338. The zero-order valence-electron chi connectivity index (χ0n) is 10.3. The smallest absolute Gasteiger partial charge is 0.230 e. The van der Waals surface area contributed by atoms with E-state index < -0.39 is 6.10 Å². The summed E-state index contributed by atoms with van der Waals surface area (Å²) in [7, 11) is 0. The molecule has 3 unspecified atom stereocenters. The minimum Gasteiger partial charge on any atom is -0.467 e.